The first-order valence-electron chi connectivity index (χ1n) is 10.8. The molecule has 0 atom stereocenters. The van der Waals surface area contributed by atoms with Gasteiger partial charge in [-0.05, 0) is 49.2 Å². The number of methoxy groups -OCH3 is 1. The summed E-state index contributed by atoms with van der Waals surface area (Å²) in [7, 11) is -1.79. The summed E-state index contributed by atoms with van der Waals surface area (Å²) in [4.78, 5) is 9.55. The molecular formula is C24H32Cl2N4O3S. The van der Waals surface area contributed by atoms with E-state index in [9.17, 15) is 8.42 Å². The maximum absolute atomic E-state index is 11.6. The SMILES string of the molecule is COc1c(CCN2CCN(c3cccc4nc(C)ccc34)CC2)cccc1NS(C)(=O)=O.Cl.Cl. The van der Waals surface area contributed by atoms with E-state index in [1.807, 2.05) is 19.1 Å². The minimum Gasteiger partial charge on any atom is -0.494 e. The molecule has 4 rings (SSSR count). The Labute approximate surface area is 214 Å². The van der Waals surface area contributed by atoms with Crippen molar-refractivity contribution in [1.29, 1.82) is 0 Å². The number of halogens is 2. The second-order valence-electron chi connectivity index (χ2n) is 8.25. The van der Waals surface area contributed by atoms with Gasteiger partial charge in [0.15, 0.2) is 0 Å². The second kappa shape index (κ2) is 11.9. The molecule has 186 valence electrons. The number of hydrogen-bond donors (Lipinski definition) is 1. The molecule has 1 fully saturated rings. The first kappa shape index (κ1) is 28.0. The number of pyridine rings is 1. The van der Waals surface area contributed by atoms with Crippen molar-refractivity contribution in [2.75, 3.05) is 55.7 Å². The van der Waals surface area contributed by atoms with Gasteiger partial charge in [0.1, 0.15) is 5.75 Å². The predicted octanol–water partition coefficient (Wildman–Crippen LogP) is 4.13. The minimum absolute atomic E-state index is 0. The molecular weight excluding hydrogens is 495 g/mol. The van der Waals surface area contributed by atoms with Gasteiger partial charge < -0.3 is 9.64 Å². The monoisotopic (exact) mass is 526 g/mol. The third-order valence-electron chi connectivity index (χ3n) is 5.85. The lowest BCUT2D eigenvalue weighted by Crippen LogP contribution is -2.47. The molecule has 0 radical (unpaired) electrons. The van der Waals surface area contributed by atoms with Crippen LogP contribution in [0.5, 0.6) is 5.75 Å². The number of nitrogens with one attached hydrogen (secondary N) is 1. The second-order valence-corrected chi connectivity index (χ2v) is 10.00. The number of benzene rings is 2. The van der Waals surface area contributed by atoms with Crippen molar-refractivity contribution in [1.82, 2.24) is 9.88 Å². The van der Waals surface area contributed by atoms with Gasteiger partial charge in [-0.2, -0.15) is 0 Å². The van der Waals surface area contributed by atoms with E-state index in [0.717, 1.165) is 62.2 Å². The van der Waals surface area contributed by atoms with E-state index in [2.05, 4.69) is 49.8 Å². The highest BCUT2D eigenvalue weighted by atomic mass is 35.5. The highest BCUT2D eigenvalue weighted by molar-refractivity contribution is 7.92. The molecule has 0 bridgehead atoms. The number of aromatic nitrogens is 1. The van der Waals surface area contributed by atoms with Gasteiger partial charge in [0.2, 0.25) is 10.0 Å². The number of rotatable bonds is 7. The maximum atomic E-state index is 11.6. The summed E-state index contributed by atoms with van der Waals surface area (Å²) in [6.45, 7) is 6.77. The van der Waals surface area contributed by atoms with Gasteiger partial charge in [0, 0.05) is 49.5 Å². The van der Waals surface area contributed by atoms with Crippen LogP contribution in [0.3, 0.4) is 0 Å². The van der Waals surface area contributed by atoms with Gasteiger partial charge in [-0.1, -0.05) is 18.2 Å². The normalized spacial score (nSPS) is 14.3. The average Bonchev–Trinajstić information content (AvgIpc) is 2.76. The van der Waals surface area contributed by atoms with Crippen LogP contribution in [0.2, 0.25) is 0 Å². The predicted molar refractivity (Wildman–Crippen MR) is 145 cm³/mol. The Morgan fingerprint density at radius 2 is 1.71 bits per heavy atom. The molecule has 1 saturated heterocycles. The lowest BCUT2D eigenvalue weighted by molar-refractivity contribution is 0.260. The van der Waals surface area contributed by atoms with Crippen LogP contribution in [0.4, 0.5) is 11.4 Å². The van der Waals surface area contributed by atoms with Crippen LogP contribution in [0.15, 0.2) is 48.5 Å². The number of para-hydroxylation sites is 1. The molecule has 1 aromatic heterocycles. The fourth-order valence-electron chi connectivity index (χ4n) is 4.31. The number of hydrogen-bond acceptors (Lipinski definition) is 6. The van der Waals surface area contributed by atoms with Gasteiger partial charge in [-0.15, -0.1) is 24.8 Å². The Morgan fingerprint density at radius 3 is 2.38 bits per heavy atom. The van der Waals surface area contributed by atoms with Gasteiger partial charge in [-0.25, -0.2) is 8.42 Å². The quantitative estimate of drug-likeness (QED) is 0.498. The van der Waals surface area contributed by atoms with Crippen molar-refractivity contribution in [3.8, 4) is 5.75 Å². The minimum atomic E-state index is -3.36. The summed E-state index contributed by atoms with van der Waals surface area (Å²) in [5.74, 6) is 0.593. The molecule has 0 aliphatic carbocycles. The van der Waals surface area contributed by atoms with Crippen molar-refractivity contribution in [2.24, 2.45) is 0 Å². The molecule has 7 nitrogen and oxygen atoms in total. The Hall–Kier alpha value is -2.26. The van der Waals surface area contributed by atoms with Gasteiger partial charge in [0.05, 0.1) is 24.6 Å². The van der Waals surface area contributed by atoms with Gasteiger partial charge in [0.25, 0.3) is 0 Å². The summed E-state index contributed by atoms with van der Waals surface area (Å²) in [6, 6.07) is 16.2. The van der Waals surface area contributed by atoms with Crippen LogP contribution in [0.1, 0.15) is 11.3 Å². The summed E-state index contributed by atoms with van der Waals surface area (Å²) < 4.78 is 31.4. The molecule has 10 heteroatoms. The van der Waals surface area contributed by atoms with Crippen molar-refractivity contribution < 1.29 is 13.2 Å². The number of piperazine rings is 1. The van der Waals surface area contributed by atoms with Crippen LogP contribution in [-0.4, -0.2) is 64.4 Å². The number of ether oxygens (including phenoxy) is 1. The highest BCUT2D eigenvalue weighted by Crippen LogP contribution is 2.30. The Kier molecular flexibility index (Phi) is 9.82. The average molecular weight is 528 g/mol. The number of aryl methyl sites for hydroxylation is 1. The number of sulfonamides is 1. The van der Waals surface area contributed by atoms with E-state index in [0.29, 0.717) is 11.4 Å². The molecule has 1 aliphatic heterocycles. The third kappa shape index (κ3) is 6.66. The lowest BCUT2D eigenvalue weighted by Gasteiger charge is -2.36. The first-order chi connectivity index (χ1) is 15.3. The summed E-state index contributed by atoms with van der Waals surface area (Å²) in [6.07, 6.45) is 1.94. The van der Waals surface area contributed by atoms with Crippen LogP contribution in [-0.2, 0) is 16.4 Å². The van der Waals surface area contributed by atoms with Crippen LogP contribution >= 0.6 is 24.8 Å². The fraction of sp³-hybridized carbons (Fsp3) is 0.375. The zero-order valence-corrected chi connectivity index (χ0v) is 22.1. The zero-order chi connectivity index (χ0) is 22.7. The van der Waals surface area contributed by atoms with Crippen LogP contribution < -0.4 is 14.4 Å². The number of nitrogens with zero attached hydrogens (tertiary/aromatic N) is 3. The van der Waals surface area contributed by atoms with Crippen molar-refractivity contribution in [3.05, 3.63) is 59.8 Å². The molecule has 0 saturated carbocycles. The van der Waals surface area contributed by atoms with E-state index >= 15 is 0 Å². The lowest BCUT2D eigenvalue weighted by atomic mass is 10.1. The molecule has 0 spiro atoms. The number of fused-ring (bicyclic) bond motifs is 1. The Morgan fingerprint density at radius 1 is 1.00 bits per heavy atom. The summed E-state index contributed by atoms with van der Waals surface area (Å²) in [5, 5.41) is 1.20. The Bertz CT molecular complexity index is 1220. The van der Waals surface area contributed by atoms with Crippen molar-refractivity contribution in [3.63, 3.8) is 0 Å². The van der Waals surface area contributed by atoms with Crippen LogP contribution in [0, 0.1) is 6.92 Å². The highest BCUT2D eigenvalue weighted by Gasteiger charge is 2.20. The van der Waals surface area contributed by atoms with E-state index in [1.54, 1.807) is 13.2 Å². The smallest absolute Gasteiger partial charge is 0.229 e. The first-order valence-corrected chi connectivity index (χ1v) is 12.7. The van der Waals surface area contributed by atoms with E-state index in [-0.39, 0.29) is 24.8 Å². The molecule has 3 aromatic rings. The fourth-order valence-corrected chi connectivity index (χ4v) is 4.87. The third-order valence-corrected chi connectivity index (χ3v) is 6.45. The molecule has 2 aromatic carbocycles. The van der Waals surface area contributed by atoms with E-state index in [1.165, 1.54) is 11.1 Å². The topological polar surface area (TPSA) is 74.8 Å². The van der Waals surface area contributed by atoms with Crippen LogP contribution in [0.25, 0.3) is 10.9 Å². The molecule has 0 unspecified atom stereocenters. The standard InChI is InChI=1S/C24H30N4O3S.2ClH/c1-18-10-11-20-21(25-18)7-5-9-23(20)28-16-14-27(15-17-28)13-12-19-6-4-8-22(24(19)31-2)26-32(3,29)30;;/h4-11,26H,12-17H2,1-3H3;2*1H. The molecule has 1 N–H and O–H groups in total. The molecule has 2 heterocycles. The van der Waals surface area contributed by atoms with Crippen molar-refractivity contribution >= 4 is 57.1 Å². The maximum Gasteiger partial charge on any atom is 0.229 e. The molecule has 1 aliphatic rings. The van der Waals surface area contributed by atoms with E-state index in [4.69, 9.17) is 4.74 Å². The van der Waals surface area contributed by atoms with Crippen molar-refractivity contribution in [2.45, 2.75) is 13.3 Å². The molecule has 34 heavy (non-hydrogen) atoms. The summed E-state index contributed by atoms with van der Waals surface area (Å²) >= 11 is 0. The zero-order valence-electron chi connectivity index (χ0n) is 19.7. The Balaban J connectivity index is 0.00000204. The molecule has 0 amide bonds. The van der Waals surface area contributed by atoms with Gasteiger partial charge >= 0.3 is 0 Å². The van der Waals surface area contributed by atoms with E-state index < -0.39 is 10.0 Å². The summed E-state index contributed by atoms with van der Waals surface area (Å²) in [5.41, 5.74) is 4.80. The van der Waals surface area contributed by atoms with Gasteiger partial charge in [-0.3, -0.25) is 14.6 Å². The largest absolute Gasteiger partial charge is 0.494 e. The number of anilines is 2.